The van der Waals surface area contributed by atoms with Gasteiger partial charge in [-0.2, -0.15) is 0 Å². The van der Waals surface area contributed by atoms with Crippen LogP contribution in [0.1, 0.15) is 22.3 Å². The standard InChI is InChI=1S/C22H25BrN2O4/c1-28-19-9-8-17(14-20(19)29-2)22(27)25-11-5-10-24(12-13-25)21(26)15-16-6-3-4-7-18(16)23/h3-4,6-9,14H,5,10-13,15H2,1-2H3. The van der Waals surface area contributed by atoms with Gasteiger partial charge in [0.05, 0.1) is 20.6 Å². The summed E-state index contributed by atoms with van der Waals surface area (Å²) in [7, 11) is 3.11. The molecule has 0 atom stereocenters. The topological polar surface area (TPSA) is 59.1 Å². The lowest BCUT2D eigenvalue weighted by atomic mass is 10.1. The first kappa shape index (κ1) is 21.2. The number of amides is 2. The van der Waals surface area contributed by atoms with Crippen LogP contribution in [-0.4, -0.2) is 62.0 Å². The van der Waals surface area contributed by atoms with Crippen molar-refractivity contribution in [2.75, 3.05) is 40.4 Å². The SMILES string of the molecule is COc1ccc(C(=O)N2CCCN(C(=O)Cc3ccccc3Br)CC2)cc1OC. The van der Waals surface area contributed by atoms with Crippen molar-refractivity contribution in [1.82, 2.24) is 9.80 Å². The van der Waals surface area contributed by atoms with E-state index in [9.17, 15) is 9.59 Å². The highest BCUT2D eigenvalue weighted by molar-refractivity contribution is 9.10. The number of ether oxygens (including phenoxy) is 2. The molecule has 1 aliphatic heterocycles. The molecule has 2 aromatic carbocycles. The minimum Gasteiger partial charge on any atom is -0.493 e. The van der Waals surface area contributed by atoms with Crippen LogP contribution in [0.2, 0.25) is 0 Å². The lowest BCUT2D eigenvalue weighted by Gasteiger charge is -2.23. The Kier molecular flexibility index (Phi) is 7.14. The highest BCUT2D eigenvalue weighted by Gasteiger charge is 2.24. The molecule has 3 rings (SSSR count). The van der Waals surface area contributed by atoms with Crippen molar-refractivity contribution in [3.63, 3.8) is 0 Å². The molecule has 1 fully saturated rings. The average molecular weight is 461 g/mol. The van der Waals surface area contributed by atoms with E-state index in [1.54, 1.807) is 37.3 Å². The Morgan fingerprint density at radius 1 is 0.931 bits per heavy atom. The van der Waals surface area contributed by atoms with Gasteiger partial charge in [-0.15, -0.1) is 0 Å². The molecule has 0 aliphatic carbocycles. The summed E-state index contributed by atoms with van der Waals surface area (Å²) in [5, 5.41) is 0. The van der Waals surface area contributed by atoms with Crippen molar-refractivity contribution < 1.29 is 19.1 Å². The molecule has 0 bridgehead atoms. The molecular weight excluding hydrogens is 436 g/mol. The van der Waals surface area contributed by atoms with Crippen molar-refractivity contribution >= 4 is 27.7 Å². The molecule has 29 heavy (non-hydrogen) atoms. The van der Waals surface area contributed by atoms with Crippen LogP contribution in [0, 0.1) is 0 Å². The highest BCUT2D eigenvalue weighted by Crippen LogP contribution is 2.28. The molecule has 0 spiro atoms. The summed E-state index contributed by atoms with van der Waals surface area (Å²) in [5.41, 5.74) is 1.52. The Balaban J connectivity index is 1.64. The third kappa shape index (κ3) is 5.09. The molecule has 0 N–H and O–H groups in total. The Labute approximate surface area is 179 Å². The highest BCUT2D eigenvalue weighted by atomic mass is 79.9. The van der Waals surface area contributed by atoms with Gasteiger partial charge >= 0.3 is 0 Å². The zero-order chi connectivity index (χ0) is 20.8. The maximum absolute atomic E-state index is 13.0. The van der Waals surface area contributed by atoms with Crippen molar-refractivity contribution in [1.29, 1.82) is 0 Å². The van der Waals surface area contributed by atoms with E-state index in [0.29, 0.717) is 49.7 Å². The monoisotopic (exact) mass is 460 g/mol. The third-order valence-electron chi connectivity index (χ3n) is 5.07. The van der Waals surface area contributed by atoms with Gasteiger partial charge in [-0.25, -0.2) is 0 Å². The van der Waals surface area contributed by atoms with Crippen LogP contribution >= 0.6 is 15.9 Å². The third-order valence-corrected chi connectivity index (χ3v) is 5.84. The molecule has 0 unspecified atom stereocenters. The van der Waals surface area contributed by atoms with Crippen molar-refractivity contribution in [2.24, 2.45) is 0 Å². The second-order valence-electron chi connectivity index (χ2n) is 6.86. The fourth-order valence-electron chi connectivity index (χ4n) is 3.44. The zero-order valence-corrected chi connectivity index (χ0v) is 18.3. The normalized spacial score (nSPS) is 14.3. The number of carbonyl (C=O) groups is 2. The summed E-state index contributed by atoms with van der Waals surface area (Å²) in [6, 6.07) is 12.9. The summed E-state index contributed by atoms with van der Waals surface area (Å²) < 4.78 is 11.5. The van der Waals surface area contributed by atoms with E-state index < -0.39 is 0 Å². The van der Waals surface area contributed by atoms with Gasteiger partial charge < -0.3 is 19.3 Å². The Bertz CT molecular complexity index is 887. The van der Waals surface area contributed by atoms with Gasteiger partial charge in [-0.05, 0) is 36.2 Å². The number of carbonyl (C=O) groups excluding carboxylic acids is 2. The second-order valence-corrected chi connectivity index (χ2v) is 7.72. The molecule has 2 amide bonds. The van der Waals surface area contributed by atoms with Crippen LogP contribution in [0.4, 0.5) is 0 Å². The van der Waals surface area contributed by atoms with Gasteiger partial charge in [0, 0.05) is 36.2 Å². The number of nitrogens with zero attached hydrogens (tertiary/aromatic N) is 2. The first-order valence-electron chi connectivity index (χ1n) is 9.56. The fourth-order valence-corrected chi connectivity index (χ4v) is 3.86. The molecule has 6 nitrogen and oxygen atoms in total. The van der Waals surface area contributed by atoms with Crippen molar-refractivity contribution in [3.8, 4) is 11.5 Å². The number of benzene rings is 2. The molecular formula is C22H25BrN2O4. The maximum atomic E-state index is 13.0. The Hall–Kier alpha value is -2.54. The molecule has 0 radical (unpaired) electrons. The van der Waals surface area contributed by atoms with Gasteiger partial charge in [0.15, 0.2) is 11.5 Å². The van der Waals surface area contributed by atoms with Crippen molar-refractivity contribution in [3.05, 3.63) is 58.1 Å². The maximum Gasteiger partial charge on any atom is 0.254 e. The Morgan fingerprint density at radius 2 is 1.62 bits per heavy atom. The van der Waals surface area contributed by atoms with Gasteiger partial charge in [0.2, 0.25) is 5.91 Å². The molecule has 0 aromatic heterocycles. The number of hydrogen-bond donors (Lipinski definition) is 0. The smallest absolute Gasteiger partial charge is 0.254 e. The van der Waals surface area contributed by atoms with E-state index in [-0.39, 0.29) is 11.8 Å². The van der Waals surface area contributed by atoms with E-state index in [1.807, 2.05) is 29.2 Å². The van der Waals surface area contributed by atoms with E-state index in [1.165, 1.54) is 0 Å². The number of hydrogen-bond acceptors (Lipinski definition) is 4. The number of rotatable bonds is 5. The first-order chi connectivity index (χ1) is 14.0. The van der Waals surface area contributed by atoms with E-state index in [0.717, 1.165) is 16.5 Å². The lowest BCUT2D eigenvalue weighted by molar-refractivity contribution is -0.130. The molecule has 1 saturated heterocycles. The number of halogens is 1. The first-order valence-corrected chi connectivity index (χ1v) is 10.3. The minimum absolute atomic E-state index is 0.0638. The zero-order valence-electron chi connectivity index (χ0n) is 16.7. The van der Waals surface area contributed by atoms with E-state index in [2.05, 4.69) is 15.9 Å². The molecule has 2 aromatic rings. The molecule has 7 heteroatoms. The summed E-state index contributed by atoms with van der Waals surface area (Å²) in [4.78, 5) is 29.3. The summed E-state index contributed by atoms with van der Waals surface area (Å²) in [6.45, 7) is 2.31. The van der Waals surface area contributed by atoms with Crippen LogP contribution in [-0.2, 0) is 11.2 Å². The van der Waals surface area contributed by atoms with Crippen LogP contribution in [0.25, 0.3) is 0 Å². The average Bonchev–Trinajstić information content (AvgIpc) is 3.00. The molecule has 0 saturated carbocycles. The van der Waals surface area contributed by atoms with Crippen LogP contribution < -0.4 is 9.47 Å². The van der Waals surface area contributed by atoms with Gasteiger partial charge in [-0.3, -0.25) is 9.59 Å². The van der Waals surface area contributed by atoms with E-state index >= 15 is 0 Å². The Morgan fingerprint density at radius 3 is 2.34 bits per heavy atom. The second kappa shape index (κ2) is 9.78. The van der Waals surface area contributed by atoms with Crippen LogP contribution in [0.5, 0.6) is 11.5 Å². The molecule has 1 aliphatic rings. The van der Waals surface area contributed by atoms with Gasteiger partial charge in [-0.1, -0.05) is 34.1 Å². The fraction of sp³-hybridized carbons (Fsp3) is 0.364. The van der Waals surface area contributed by atoms with E-state index in [4.69, 9.17) is 9.47 Å². The lowest BCUT2D eigenvalue weighted by Crippen LogP contribution is -2.38. The van der Waals surface area contributed by atoms with Crippen LogP contribution in [0.15, 0.2) is 46.9 Å². The van der Waals surface area contributed by atoms with Gasteiger partial charge in [0.1, 0.15) is 0 Å². The predicted molar refractivity (Wildman–Crippen MR) is 114 cm³/mol. The van der Waals surface area contributed by atoms with Crippen LogP contribution in [0.3, 0.4) is 0 Å². The summed E-state index contributed by atoms with van der Waals surface area (Å²) >= 11 is 3.50. The molecule has 1 heterocycles. The largest absolute Gasteiger partial charge is 0.493 e. The van der Waals surface area contributed by atoms with Gasteiger partial charge in [0.25, 0.3) is 5.91 Å². The summed E-state index contributed by atoms with van der Waals surface area (Å²) in [5.74, 6) is 1.13. The van der Waals surface area contributed by atoms with Crippen molar-refractivity contribution in [2.45, 2.75) is 12.8 Å². The summed E-state index contributed by atoms with van der Waals surface area (Å²) in [6.07, 6.45) is 1.10. The quantitative estimate of drug-likeness (QED) is 0.685. The number of methoxy groups -OCH3 is 2. The minimum atomic E-state index is -0.0638. The molecule has 154 valence electrons. The predicted octanol–water partition coefficient (Wildman–Crippen LogP) is 3.38.